The van der Waals surface area contributed by atoms with Crippen molar-refractivity contribution >= 4 is 11.9 Å². The van der Waals surface area contributed by atoms with Crippen LogP contribution in [0, 0.1) is 0 Å². The molecule has 1 N–H and O–H groups in total. The number of aromatic nitrogens is 3. The Balaban J connectivity index is 1.74. The lowest BCUT2D eigenvalue weighted by atomic mass is 10.2. The van der Waals surface area contributed by atoms with Gasteiger partial charge in [-0.2, -0.15) is 4.98 Å². The van der Waals surface area contributed by atoms with Crippen LogP contribution in [0.1, 0.15) is 41.5 Å². The van der Waals surface area contributed by atoms with Gasteiger partial charge in [-0.05, 0) is 35.7 Å². The molecular weight excluding hydrogens is 292 g/mol. The standard InChI is InChI=1S/C17H18N4O2/c1-12(2)14-11-23-17(19-14)20-16(22)15-4-3-9-21(15)10-13-5-7-18-8-6-13/h3-9,11-12H,10H2,1-2H3,(H,19,20,22). The number of anilines is 1. The fourth-order valence-corrected chi connectivity index (χ4v) is 2.21. The normalized spacial score (nSPS) is 10.9. The molecule has 3 rings (SSSR count). The van der Waals surface area contributed by atoms with Gasteiger partial charge in [-0.1, -0.05) is 13.8 Å². The molecule has 23 heavy (non-hydrogen) atoms. The van der Waals surface area contributed by atoms with Crippen LogP contribution in [0.5, 0.6) is 0 Å². The first-order valence-electron chi connectivity index (χ1n) is 7.44. The maximum atomic E-state index is 12.4. The van der Waals surface area contributed by atoms with Crippen LogP contribution in [0.4, 0.5) is 6.01 Å². The number of oxazole rings is 1. The predicted molar refractivity (Wildman–Crippen MR) is 86.3 cm³/mol. The third-order valence-corrected chi connectivity index (χ3v) is 3.50. The highest BCUT2D eigenvalue weighted by molar-refractivity contribution is 6.02. The zero-order valence-electron chi connectivity index (χ0n) is 13.1. The molecule has 0 radical (unpaired) electrons. The van der Waals surface area contributed by atoms with Gasteiger partial charge >= 0.3 is 6.01 Å². The van der Waals surface area contributed by atoms with E-state index in [1.807, 2.05) is 42.8 Å². The van der Waals surface area contributed by atoms with Gasteiger partial charge in [-0.3, -0.25) is 15.1 Å². The highest BCUT2D eigenvalue weighted by atomic mass is 16.4. The number of pyridine rings is 1. The van der Waals surface area contributed by atoms with Crippen molar-refractivity contribution in [3.05, 3.63) is 66.1 Å². The predicted octanol–water partition coefficient (Wildman–Crippen LogP) is 3.30. The molecule has 0 unspecified atom stereocenters. The Bertz CT molecular complexity index is 790. The molecule has 0 saturated heterocycles. The van der Waals surface area contributed by atoms with Gasteiger partial charge in [0, 0.05) is 25.1 Å². The van der Waals surface area contributed by atoms with Crippen molar-refractivity contribution < 1.29 is 9.21 Å². The average Bonchev–Trinajstić information content (AvgIpc) is 3.17. The van der Waals surface area contributed by atoms with E-state index in [0.29, 0.717) is 12.2 Å². The summed E-state index contributed by atoms with van der Waals surface area (Å²) in [5.74, 6) is 0.00108. The Morgan fingerprint density at radius 3 is 2.78 bits per heavy atom. The van der Waals surface area contributed by atoms with Gasteiger partial charge in [0.15, 0.2) is 0 Å². The summed E-state index contributed by atoms with van der Waals surface area (Å²) in [7, 11) is 0. The monoisotopic (exact) mass is 310 g/mol. The second-order valence-electron chi connectivity index (χ2n) is 5.56. The number of hydrogen-bond donors (Lipinski definition) is 1. The summed E-state index contributed by atoms with van der Waals surface area (Å²) in [5, 5.41) is 2.70. The molecule has 3 aromatic heterocycles. The van der Waals surface area contributed by atoms with Crippen LogP contribution < -0.4 is 5.32 Å². The summed E-state index contributed by atoms with van der Waals surface area (Å²) in [6.45, 7) is 4.63. The molecule has 3 aromatic rings. The van der Waals surface area contributed by atoms with Crippen LogP contribution in [0.15, 0.2) is 53.5 Å². The van der Waals surface area contributed by atoms with Gasteiger partial charge in [0.25, 0.3) is 5.91 Å². The molecule has 118 valence electrons. The van der Waals surface area contributed by atoms with Crippen LogP contribution >= 0.6 is 0 Å². The first-order chi connectivity index (χ1) is 11.1. The van der Waals surface area contributed by atoms with Gasteiger partial charge in [0.1, 0.15) is 12.0 Å². The van der Waals surface area contributed by atoms with Crippen molar-refractivity contribution in [2.75, 3.05) is 5.32 Å². The van der Waals surface area contributed by atoms with Crippen molar-refractivity contribution in [1.82, 2.24) is 14.5 Å². The Morgan fingerprint density at radius 2 is 2.09 bits per heavy atom. The lowest BCUT2D eigenvalue weighted by molar-refractivity contribution is 0.101. The second kappa shape index (κ2) is 6.48. The van der Waals surface area contributed by atoms with Crippen LogP contribution in [0.2, 0.25) is 0 Å². The van der Waals surface area contributed by atoms with Crippen LogP contribution in [0.3, 0.4) is 0 Å². The topological polar surface area (TPSA) is 73.0 Å². The molecule has 0 atom stereocenters. The molecule has 3 heterocycles. The molecule has 0 spiro atoms. The highest BCUT2D eigenvalue weighted by Gasteiger charge is 2.15. The quantitative estimate of drug-likeness (QED) is 0.785. The first-order valence-corrected chi connectivity index (χ1v) is 7.44. The van der Waals surface area contributed by atoms with Crippen LogP contribution in [-0.4, -0.2) is 20.4 Å². The summed E-state index contributed by atoms with van der Waals surface area (Å²) in [6.07, 6.45) is 6.90. The molecule has 0 aliphatic rings. The summed E-state index contributed by atoms with van der Waals surface area (Å²) < 4.78 is 7.16. The van der Waals surface area contributed by atoms with E-state index in [1.54, 1.807) is 24.7 Å². The molecule has 0 fully saturated rings. The van der Waals surface area contributed by atoms with Crippen molar-refractivity contribution in [1.29, 1.82) is 0 Å². The van der Waals surface area contributed by atoms with Crippen LogP contribution in [0.25, 0.3) is 0 Å². The highest BCUT2D eigenvalue weighted by Crippen LogP contribution is 2.17. The molecule has 0 aliphatic carbocycles. The fraction of sp³-hybridized carbons (Fsp3) is 0.235. The molecule has 6 heteroatoms. The molecule has 6 nitrogen and oxygen atoms in total. The Morgan fingerprint density at radius 1 is 1.30 bits per heavy atom. The zero-order chi connectivity index (χ0) is 16.2. The summed E-state index contributed by atoms with van der Waals surface area (Å²) >= 11 is 0. The molecule has 1 amide bonds. The van der Waals surface area contributed by atoms with Gasteiger partial charge in [-0.15, -0.1) is 0 Å². The van der Waals surface area contributed by atoms with Crippen molar-refractivity contribution in [3.8, 4) is 0 Å². The summed E-state index contributed by atoms with van der Waals surface area (Å²) in [6, 6.07) is 7.67. The maximum Gasteiger partial charge on any atom is 0.301 e. The minimum atomic E-state index is -0.249. The first kappa shape index (κ1) is 15.0. The zero-order valence-corrected chi connectivity index (χ0v) is 13.1. The van der Waals surface area contributed by atoms with E-state index in [1.165, 1.54) is 0 Å². The Hall–Kier alpha value is -2.89. The number of amides is 1. The Labute approximate surface area is 134 Å². The van der Waals surface area contributed by atoms with Gasteiger partial charge in [0.05, 0.1) is 5.69 Å². The third-order valence-electron chi connectivity index (χ3n) is 3.50. The van der Waals surface area contributed by atoms with E-state index in [-0.39, 0.29) is 17.8 Å². The molecule has 0 aliphatic heterocycles. The Kier molecular flexibility index (Phi) is 4.23. The van der Waals surface area contributed by atoms with E-state index in [0.717, 1.165) is 11.3 Å². The largest absolute Gasteiger partial charge is 0.432 e. The minimum Gasteiger partial charge on any atom is -0.432 e. The summed E-state index contributed by atoms with van der Waals surface area (Å²) in [4.78, 5) is 20.7. The molecule has 0 aromatic carbocycles. The number of nitrogens with one attached hydrogen (secondary N) is 1. The van der Waals surface area contributed by atoms with E-state index < -0.39 is 0 Å². The average molecular weight is 310 g/mol. The maximum absolute atomic E-state index is 12.4. The summed E-state index contributed by atoms with van der Waals surface area (Å²) in [5.41, 5.74) is 2.43. The molecule has 0 bridgehead atoms. The van der Waals surface area contributed by atoms with E-state index in [9.17, 15) is 4.79 Å². The SMILES string of the molecule is CC(C)c1coc(NC(=O)c2cccn2Cc2ccncc2)n1. The smallest absolute Gasteiger partial charge is 0.301 e. The number of hydrogen-bond acceptors (Lipinski definition) is 4. The van der Waals surface area contributed by atoms with Crippen molar-refractivity contribution in [2.45, 2.75) is 26.3 Å². The lowest BCUT2D eigenvalue weighted by Crippen LogP contribution is -2.17. The lowest BCUT2D eigenvalue weighted by Gasteiger charge is -2.08. The molecule has 0 saturated carbocycles. The van der Waals surface area contributed by atoms with Crippen LogP contribution in [-0.2, 0) is 6.54 Å². The second-order valence-corrected chi connectivity index (χ2v) is 5.56. The number of carbonyl (C=O) groups excluding carboxylic acids is 1. The van der Waals surface area contributed by atoms with Crippen molar-refractivity contribution in [2.24, 2.45) is 0 Å². The number of carbonyl (C=O) groups is 1. The van der Waals surface area contributed by atoms with Gasteiger partial charge in [-0.25, -0.2) is 0 Å². The fourth-order valence-electron chi connectivity index (χ4n) is 2.21. The minimum absolute atomic E-state index is 0.218. The van der Waals surface area contributed by atoms with Crippen molar-refractivity contribution in [3.63, 3.8) is 0 Å². The molecular formula is C17H18N4O2. The number of rotatable bonds is 5. The van der Waals surface area contributed by atoms with E-state index in [4.69, 9.17) is 4.42 Å². The van der Waals surface area contributed by atoms with E-state index in [2.05, 4.69) is 15.3 Å². The van der Waals surface area contributed by atoms with Gasteiger partial charge in [0.2, 0.25) is 0 Å². The third kappa shape index (κ3) is 3.48. The van der Waals surface area contributed by atoms with E-state index >= 15 is 0 Å². The van der Waals surface area contributed by atoms with Gasteiger partial charge < -0.3 is 8.98 Å². The number of nitrogens with zero attached hydrogens (tertiary/aromatic N) is 3.